The van der Waals surface area contributed by atoms with Crippen LogP contribution in [0.4, 0.5) is 0 Å². The van der Waals surface area contributed by atoms with E-state index in [4.69, 9.17) is 14.2 Å². The number of esters is 3. The molecule has 208 valence electrons. The van der Waals surface area contributed by atoms with Crippen LogP contribution in [0, 0.1) is 17.3 Å². The van der Waals surface area contributed by atoms with Crippen molar-refractivity contribution < 1.29 is 38.5 Å². The van der Waals surface area contributed by atoms with Gasteiger partial charge < -0.3 is 24.6 Å². The van der Waals surface area contributed by atoms with Crippen molar-refractivity contribution >= 4 is 23.9 Å². The first-order chi connectivity index (χ1) is 17.2. The number of carbonyl (C=O) groups is 4. The molecule has 2 N–H and O–H groups in total. The van der Waals surface area contributed by atoms with E-state index in [0.717, 1.165) is 0 Å². The number of rotatable bonds is 15. The zero-order valence-corrected chi connectivity index (χ0v) is 23.4. The smallest absolute Gasteiger partial charge is 0.321 e. The molecule has 1 aromatic rings. The van der Waals surface area contributed by atoms with Crippen LogP contribution in [-0.4, -0.2) is 47.7 Å². The average Bonchev–Trinajstić information content (AvgIpc) is 2.86. The summed E-state index contributed by atoms with van der Waals surface area (Å²) in [7, 11) is 0. The number of carboxylic acid groups (broad SMARTS) is 1. The van der Waals surface area contributed by atoms with Crippen LogP contribution in [-0.2, 0) is 30.3 Å². The Hall–Kier alpha value is -2.94. The van der Waals surface area contributed by atoms with Crippen LogP contribution in [0.5, 0.6) is 11.5 Å². The fraction of sp³-hybridized carbons (Fsp3) is 0.643. The van der Waals surface area contributed by atoms with E-state index in [2.05, 4.69) is 5.32 Å². The molecule has 37 heavy (non-hydrogen) atoms. The summed E-state index contributed by atoms with van der Waals surface area (Å²) in [6, 6.07) is 3.66. The van der Waals surface area contributed by atoms with Gasteiger partial charge in [0, 0.05) is 6.54 Å². The van der Waals surface area contributed by atoms with Gasteiger partial charge in [-0.05, 0) is 64.2 Å². The molecule has 0 amide bonds. The number of carboxylic acids is 1. The minimum atomic E-state index is -1.09. The van der Waals surface area contributed by atoms with Crippen LogP contribution in [0.15, 0.2) is 18.2 Å². The van der Waals surface area contributed by atoms with Gasteiger partial charge in [-0.15, -0.1) is 0 Å². The van der Waals surface area contributed by atoms with Gasteiger partial charge in [-0.3, -0.25) is 19.2 Å². The van der Waals surface area contributed by atoms with E-state index in [1.807, 2.05) is 20.8 Å². The highest BCUT2D eigenvalue weighted by Gasteiger charge is 2.29. The summed E-state index contributed by atoms with van der Waals surface area (Å²) in [5.41, 5.74) is -0.0593. The van der Waals surface area contributed by atoms with E-state index in [-0.39, 0.29) is 42.3 Å². The molecule has 0 heterocycles. The lowest BCUT2D eigenvalue weighted by Crippen LogP contribution is -2.43. The number of hydrogen-bond donors (Lipinski definition) is 2. The second kappa shape index (κ2) is 14.7. The van der Waals surface area contributed by atoms with E-state index in [0.29, 0.717) is 24.8 Å². The molecule has 0 aliphatic heterocycles. The van der Waals surface area contributed by atoms with Crippen molar-refractivity contribution in [3.8, 4) is 11.5 Å². The normalized spacial score (nSPS) is 14.7. The minimum absolute atomic E-state index is 0.0594. The number of hydrogen-bond acceptors (Lipinski definition) is 8. The molecule has 9 heteroatoms. The Morgan fingerprint density at radius 1 is 0.919 bits per heavy atom. The molecule has 0 aliphatic carbocycles. The predicted molar refractivity (Wildman–Crippen MR) is 139 cm³/mol. The van der Waals surface area contributed by atoms with Crippen molar-refractivity contribution in [3.63, 3.8) is 0 Å². The molecular formula is C28H43NO8. The molecule has 0 bridgehead atoms. The van der Waals surface area contributed by atoms with Crippen LogP contribution in [0.3, 0.4) is 0 Å². The van der Waals surface area contributed by atoms with E-state index in [1.54, 1.807) is 40.7 Å². The van der Waals surface area contributed by atoms with Crippen molar-refractivity contribution in [2.45, 2.75) is 93.2 Å². The van der Waals surface area contributed by atoms with Crippen molar-refractivity contribution in [2.24, 2.45) is 17.3 Å². The zero-order chi connectivity index (χ0) is 28.3. The molecule has 1 rings (SSSR count). The molecule has 1 aromatic carbocycles. The number of benzene rings is 1. The third-order valence-electron chi connectivity index (χ3n) is 6.59. The summed E-state index contributed by atoms with van der Waals surface area (Å²) in [6.45, 7) is 14.5. The van der Waals surface area contributed by atoms with Crippen LogP contribution in [0.2, 0.25) is 0 Å². The molecule has 0 fully saturated rings. The van der Waals surface area contributed by atoms with Gasteiger partial charge in [0.25, 0.3) is 0 Å². The highest BCUT2D eigenvalue weighted by Crippen LogP contribution is 2.31. The van der Waals surface area contributed by atoms with E-state index in [1.165, 1.54) is 12.1 Å². The fourth-order valence-electron chi connectivity index (χ4n) is 2.91. The summed E-state index contributed by atoms with van der Waals surface area (Å²) in [5.74, 6) is -2.88. The third kappa shape index (κ3) is 10.1. The topological polar surface area (TPSA) is 128 Å². The van der Waals surface area contributed by atoms with Gasteiger partial charge in [0.2, 0.25) is 0 Å². The van der Waals surface area contributed by atoms with Crippen LogP contribution >= 0.6 is 0 Å². The van der Waals surface area contributed by atoms with Gasteiger partial charge in [-0.1, -0.05) is 40.7 Å². The van der Waals surface area contributed by atoms with Gasteiger partial charge in [-0.2, -0.15) is 0 Å². The first kappa shape index (κ1) is 32.1. The maximum absolute atomic E-state index is 12.5. The summed E-state index contributed by atoms with van der Waals surface area (Å²) >= 11 is 0. The first-order valence-electron chi connectivity index (χ1n) is 13.0. The van der Waals surface area contributed by atoms with Crippen LogP contribution in [0.1, 0.15) is 80.2 Å². The van der Waals surface area contributed by atoms with E-state index in [9.17, 15) is 24.3 Å². The zero-order valence-electron chi connectivity index (χ0n) is 23.4. The quantitative estimate of drug-likeness (QED) is 0.252. The number of nitrogens with one attached hydrogen (secondary N) is 1. The standard InChI is InChI=1S/C28H43NO8/c1-9-17(4)25(32)36-22-13-12-20(15-23(22)37-26(33)18(5)10-2)14-21(24(30)31)29-16-19(6)35-27(34)28(7,8)11-3/h12-13,15,17-19,21,29H,9-11,14,16H2,1-8H3,(H,30,31)/t17?,18?,19?,21-/m0/s1. The fourth-order valence-corrected chi connectivity index (χ4v) is 2.91. The molecule has 0 saturated carbocycles. The summed E-state index contributed by atoms with van der Waals surface area (Å²) < 4.78 is 16.5. The lowest BCUT2D eigenvalue weighted by Gasteiger charge is -2.24. The predicted octanol–water partition coefficient (Wildman–Crippen LogP) is 4.54. The SMILES string of the molecule is CCC(C)C(=O)Oc1ccc(C[C@H](NCC(C)OC(=O)C(C)(C)CC)C(=O)O)cc1OC(=O)C(C)CC. The molecule has 0 aromatic heterocycles. The van der Waals surface area contributed by atoms with Crippen LogP contribution in [0.25, 0.3) is 0 Å². The summed E-state index contributed by atoms with van der Waals surface area (Å²) in [6.07, 6.45) is 1.31. The second-order valence-corrected chi connectivity index (χ2v) is 10.2. The van der Waals surface area contributed by atoms with Gasteiger partial charge in [0.15, 0.2) is 11.5 Å². The Kier molecular flexibility index (Phi) is 12.8. The number of ether oxygens (including phenoxy) is 3. The maximum atomic E-state index is 12.5. The largest absolute Gasteiger partial charge is 0.480 e. The van der Waals surface area contributed by atoms with E-state index < -0.39 is 35.5 Å². The maximum Gasteiger partial charge on any atom is 0.321 e. The summed E-state index contributed by atoms with van der Waals surface area (Å²) in [4.78, 5) is 49.0. The Morgan fingerprint density at radius 2 is 1.46 bits per heavy atom. The van der Waals surface area contributed by atoms with Crippen molar-refractivity contribution in [1.29, 1.82) is 0 Å². The number of carbonyl (C=O) groups excluding carboxylic acids is 3. The first-order valence-corrected chi connectivity index (χ1v) is 13.0. The Balaban J connectivity index is 3.05. The van der Waals surface area contributed by atoms with Crippen molar-refractivity contribution in [1.82, 2.24) is 5.32 Å². The van der Waals surface area contributed by atoms with Crippen molar-refractivity contribution in [3.05, 3.63) is 23.8 Å². The molecule has 3 unspecified atom stereocenters. The average molecular weight is 522 g/mol. The molecule has 0 spiro atoms. The summed E-state index contributed by atoms with van der Waals surface area (Å²) in [5, 5.41) is 12.7. The molecule has 0 radical (unpaired) electrons. The molecule has 4 atom stereocenters. The second-order valence-electron chi connectivity index (χ2n) is 10.2. The van der Waals surface area contributed by atoms with Crippen LogP contribution < -0.4 is 14.8 Å². The Morgan fingerprint density at radius 3 is 1.95 bits per heavy atom. The highest BCUT2D eigenvalue weighted by atomic mass is 16.6. The third-order valence-corrected chi connectivity index (χ3v) is 6.59. The lowest BCUT2D eigenvalue weighted by molar-refractivity contribution is -0.158. The van der Waals surface area contributed by atoms with Gasteiger partial charge in [0.1, 0.15) is 12.1 Å². The monoisotopic (exact) mass is 521 g/mol. The van der Waals surface area contributed by atoms with Crippen molar-refractivity contribution in [2.75, 3.05) is 6.54 Å². The Bertz CT molecular complexity index is 942. The van der Waals surface area contributed by atoms with Gasteiger partial charge >= 0.3 is 23.9 Å². The van der Waals surface area contributed by atoms with Gasteiger partial charge in [-0.25, -0.2) is 0 Å². The van der Waals surface area contributed by atoms with E-state index >= 15 is 0 Å². The highest BCUT2D eigenvalue weighted by molar-refractivity contribution is 5.79. The van der Waals surface area contributed by atoms with Gasteiger partial charge in [0.05, 0.1) is 17.3 Å². The lowest BCUT2D eigenvalue weighted by atomic mass is 9.90. The minimum Gasteiger partial charge on any atom is -0.480 e. The molecular weight excluding hydrogens is 478 g/mol. The Labute approximate surface area is 220 Å². The number of aliphatic carboxylic acids is 1. The molecule has 0 aliphatic rings. The molecule has 9 nitrogen and oxygen atoms in total. The molecule has 0 saturated heterocycles.